The molecule has 1 N–H and O–H groups in total. The lowest BCUT2D eigenvalue weighted by atomic mass is 10.0. The Bertz CT molecular complexity index is 733. The Labute approximate surface area is 155 Å². The maximum absolute atomic E-state index is 12.0. The third-order valence-electron chi connectivity index (χ3n) is 3.17. The van der Waals surface area contributed by atoms with Crippen molar-refractivity contribution in [3.8, 4) is 5.75 Å². The van der Waals surface area contributed by atoms with Crippen LogP contribution in [0.15, 0.2) is 58.1 Å². The highest BCUT2D eigenvalue weighted by molar-refractivity contribution is 9.10. The van der Waals surface area contributed by atoms with E-state index >= 15 is 0 Å². The molecular formula is C18H18BrClN2O2. The zero-order valence-electron chi connectivity index (χ0n) is 13.4. The SMILES string of the molecule is CC(C)C(=NNC(=O)COc1ccc(Br)cc1Cl)c1ccccc1. The first-order valence-corrected chi connectivity index (χ1v) is 8.64. The van der Waals surface area contributed by atoms with Gasteiger partial charge in [-0.1, -0.05) is 71.7 Å². The van der Waals surface area contributed by atoms with Crippen LogP contribution in [-0.2, 0) is 4.79 Å². The van der Waals surface area contributed by atoms with Crippen LogP contribution in [0, 0.1) is 5.92 Å². The monoisotopic (exact) mass is 408 g/mol. The number of hydrogen-bond donors (Lipinski definition) is 1. The first-order chi connectivity index (χ1) is 11.5. The summed E-state index contributed by atoms with van der Waals surface area (Å²) < 4.78 is 6.26. The van der Waals surface area contributed by atoms with Gasteiger partial charge < -0.3 is 4.74 Å². The molecule has 0 aliphatic carbocycles. The maximum Gasteiger partial charge on any atom is 0.277 e. The van der Waals surface area contributed by atoms with E-state index in [2.05, 4.69) is 26.5 Å². The molecule has 0 fully saturated rings. The second kappa shape index (κ2) is 8.85. The standard InChI is InChI=1S/C18H18BrClN2O2/c1-12(2)18(13-6-4-3-5-7-13)22-21-17(23)11-24-16-9-8-14(19)10-15(16)20/h3-10,12H,11H2,1-2H3,(H,21,23). The number of carbonyl (C=O) groups is 1. The minimum atomic E-state index is -0.344. The molecule has 2 aromatic carbocycles. The molecule has 0 radical (unpaired) electrons. The van der Waals surface area contributed by atoms with Gasteiger partial charge in [0.15, 0.2) is 6.61 Å². The molecule has 0 bridgehead atoms. The molecule has 4 nitrogen and oxygen atoms in total. The van der Waals surface area contributed by atoms with Gasteiger partial charge in [-0.05, 0) is 29.7 Å². The van der Waals surface area contributed by atoms with Crippen LogP contribution in [0.1, 0.15) is 19.4 Å². The van der Waals surface area contributed by atoms with Gasteiger partial charge in [-0.2, -0.15) is 5.10 Å². The number of nitrogens with zero attached hydrogens (tertiary/aromatic N) is 1. The number of rotatable bonds is 6. The van der Waals surface area contributed by atoms with Crippen molar-refractivity contribution in [1.29, 1.82) is 0 Å². The van der Waals surface area contributed by atoms with Crippen molar-refractivity contribution in [3.63, 3.8) is 0 Å². The van der Waals surface area contributed by atoms with E-state index in [1.165, 1.54) is 0 Å². The summed E-state index contributed by atoms with van der Waals surface area (Å²) in [7, 11) is 0. The van der Waals surface area contributed by atoms with E-state index in [1.54, 1.807) is 18.2 Å². The molecule has 2 aromatic rings. The van der Waals surface area contributed by atoms with Crippen molar-refractivity contribution >= 4 is 39.1 Å². The van der Waals surface area contributed by atoms with E-state index in [0.717, 1.165) is 15.7 Å². The first-order valence-electron chi connectivity index (χ1n) is 7.47. The van der Waals surface area contributed by atoms with Gasteiger partial charge in [-0.25, -0.2) is 5.43 Å². The molecule has 0 saturated carbocycles. The summed E-state index contributed by atoms with van der Waals surface area (Å²) in [5, 5.41) is 4.68. The molecule has 0 atom stereocenters. The van der Waals surface area contributed by atoms with E-state index in [1.807, 2.05) is 44.2 Å². The predicted molar refractivity (Wildman–Crippen MR) is 101 cm³/mol. The summed E-state index contributed by atoms with van der Waals surface area (Å²) in [6.45, 7) is 3.89. The van der Waals surface area contributed by atoms with Crippen LogP contribution in [0.4, 0.5) is 0 Å². The van der Waals surface area contributed by atoms with E-state index in [-0.39, 0.29) is 18.4 Å². The maximum atomic E-state index is 12.0. The summed E-state index contributed by atoms with van der Waals surface area (Å²) in [5.41, 5.74) is 4.32. The van der Waals surface area contributed by atoms with Crippen LogP contribution in [0.5, 0.6) is 5.75 Å². The number of amides is 1. The van der Waals surface area contributed by atoms with Crippen LogP contribution < -0.4 is 10.2 Å². The van der Waals surface area contributed by atoms with Crippen LogP contribution in [-0.4, -0.2) is 18.2 Å². The lowest BCUT2D eigenvalue weighted by molar-refractivity contribution is -0.123. The summed E-state index contributed by atoms with van der Waals surface area (Å²) in [6, 6.07) is 14.9. The third-order valence-corrected chi connectivity index (χ3v) is 3.96. The van der Waals surface area contributed by atoms with E-state index in [4.69, 9.17) is 16.3 Å². The Morgan fingerprint density at radius 1 is 1.25 bits per heavy atom. The fourth-order valence-electron chi connectivity index (χ4n) is 2.03. The zero-order chi connectivity index (χ0) is 17.5. The average molecular weight is 410 g/mol. The number of benzene rings is 2. The van der Waals surface area contributed by atoms with E-state index < -0.39 is 0 Å². The van der Waals surface area contributed by atoms with Crippen molar-refractivity contribution in [2.75, 3.05) is 6.61 Å². The van der Waals surface area contributed by atoms with Gasteiger partial charge >= 0.3 is 0 Å². The molecule has 0 aromatic heterocycles. The third kappa shape index (κ3) is 5.35. The van der Waals surface area contributed by atoms with Gasteiger partial charge in [0, 0.05) is 4.47 Å². The number of carbonyl (C=O) groups excluding carboxylic acids is 1. The molecular weight excluding hydrogens is 392 g/mol. The molecule has 0 aliphatic heterocycles. The second-order valence-electron chi connectivity index (χ2n) is 5.42. The van der Waals surface area contributed by atoms with Crippen LogP contribution in [0.25, 0.3) is 0 Å². The predicted octanol–water partition coefficient (Wildman–Crippen LogP) is 4.66. The Morgan fingerprint density at radius 3 is 2.58 bits per heavy atom. The van der Waals surface area contributed by atoms with Gasteiger partial charge in [-0.3, -0.25) is 4.79 Å². The number of hydrazone groups is 1. The lowest BCUT2D eigenvalue weighted by Gasteiger charge is -2.11. The van der Waals surface area contributed by atoms with E-state index in [0.29, 0.717) is 10.8 Å². The lowest BCUT2D eigenvalue weighted by Crippen LogP contribution is -2.27. The molecule has 0 aliphatic rings. The van der Waals surface area contributed by atoms with Gasteiger partial charge in [0.25, 0.3) is 5.91 Å². The molecule has 1 amide bonds. The highest BCUT2D eigenvalue weighted by Gasteiger charge is 2.10. The molecule has 6 heteroatoms. The molecule has 0 saturated heterocycles. The van der Waals surface area contributed by atoms with Crippen molar-refractivity contribution in [2.45, 2.75) is 13.8 Å². The Balaban J connectivity index is 1.98. The van der Waals surface area contributed by atoms with Gasteiger partial charge in [0.2, 0.25) is 0 Å². The summed E-state index contributed by atoms with van der Waals surface area (Å²) in [5.74, 6) is 0.281. The Kier molecular flexibility index (Phi) is 6.82. The fraction of sp³-hybridized carbons (Fsp3) is 0.222. The minimum Gasteiger partial charge on any atom is -0.482 e. The van der Waals surface area contributed by atoms with Crippen LogP contribution >= 0.6 is 27.5 Å². The minimum absolute atomic E-state index is 0.162. The highest BCUT2D eigenvalue weighted by Crippen LogP contribution is 2.27. The average Bonchev–Trinajstić information content (AvgIpc) is 2.55. The highest BCUT2D eigenvalue weighted by atomic mass is 79.9. The number of ether oxygens (including phenoxy) is 1. The van der Waals surface area contributed by atoms with Crippen molar-refractivity contribution in [3.05, 3.63) is 63.6 Å². The number of nitrogens with one attached hydrogen (secondary N) is 1. The van der Waals surface area contributed by atoms with Gasteiger partial charge in [-0.15, -0.1) is 0 Å². The summed E-state index contributed by atoms with van der Waals surface area (Å²) >= 11 is 9.36. The number of halogens is 2. The molecule has 126 valence electrons. The largest absolute Gasteiger partial charge is 0.482 e. The second-order valence-corrected chi connectivity index (χ2v) is 6.74. The Morgan fingerprint density at radius 2 is 1.96 bits per heavy atom. The Hall–Kier alpha value is -1.85. The zero-order valence-corrected chi connectivity index (χ0v) is 15.8. The van der Waals surface area contributed by atoms with Crippen LogP contribution in [0.3, 0.4) is 0 Å². The molecule has 2 rings (SSSR count). The summed E-state index contributed by atoms with van der Waals surface area (Å²) in [4.78, 5) is 12.0. The quantitative estimate of drug-likeness (QED) is 0.557. The molecule has 24 heavy (non-hydrogen) atoms. The number of hydrogen-bond acceptors (Lipinski definition) is 3. The molecule has 0 spiro atoms. The fourth-order valence-corrected chi connectivity index (χ4v) is 2.75. The topological polar surface area (TPSA) is 50.7 Å². The smallest absolute Gasteiger partial charge is 0.277 e. The van der Waals surface area contributed by atoms with E-state index in [9.17, 15) is 4.79 Å². The van der Waals surface area contributed by atoms with Crippen molar-refractivity contribution in [2.24, 2.45) is 11.0 Å². The van der Waals surface area contributed by atoms with Gasteiger partial charge in [0.05, 0.1) is 10.7 Å². The van der Waals surface area contributed by atoms with Gasteiger partial charge in [0.1, 0.15) is 5.75 Å². The normalized spacial score (nSPS) is 11.5. The summed E-state index contributed by atoms with van der Waals surface area (Å²) in [6.07, 6.45) is 0. The van der Waals surface area contributed by atoms with Crippen molar-refractivity contribution < 1.29 is 9.53 Å². The van der Waals surface area contributed by atoms with Crippen LogP contribution in [0.2, 0.25) is 5.02 Å². The molecule has 0 heterocycles. The van der Waals surface area contributed by atoms with Crippen molar-refractivity contribution in [1.82, 2.24) is 5.43 Å². The first kappa shape index (κ1) is 18.5. The molecule has 0 unspecified atom stereocenters.